The third-order valence-electron chi connectivity index (χ3n) is 1.68. The molecule has 0 bridgehead atoms. The molecular weight excluding hydrogens is 144 g/mol. The van der Waals surface area contributed by atoms with Gasteiger partial charge in [0.1, 0.15) is 5.78 Å². The summed E-state index contributed by atoms with van der Waals surface area (Å²) in [5.74, 6) is 1.77. The Balaban J connectivity index is 3.21. The Morgan fingerprint density at radius 3 is 2.60 bits per heavy atom. The van der Waals surface area contributed by atoms with E-state index in [0.29, 0.717) is 5.78 Å². The van der Waals surface area contributed by atoms with Gasteiger partial charge in [-0.05, 0) is 31.8 Å². The van der Waals surface area contributed by atoms with Crippen LogP contribution in [0, 0.1) is 5.92 Å². The molecule has 0 radical (unpaired) electrons. The molecule has 0 aliphatic rings. The second kappa shape index (κ2) is 5.78. The maximum absolute atomic E-state index is 10.7. The van der Waals surface area contributed by atoms with Gasteiger partial charge in [-0.15, -0.1) is 0 Å². The molecule has 10 heavy (non-hydrogen) atoms. The van der Waals surface area contributed by atoms with E-state index < -0.39 is 0 Å². The molecular formula is C8H16OS. The van der Waals surface area contributed by atoms with Crippen LogP contribution in [-0.4, -0.2) is 17.8 Å². The Bertz CT molecular complexity index is 101. The van der Waals surface area contributed by atoms with Crippen molar-refractivity contribution < 1.29 is 4.79 Å². The van der Waals surface area contributed by atoms with E-state index in [1.54, 1.807) is 6.92 Å². The topological polar surface area (TPSA) is 17.1 Å². The van der Waals surface area contributed by atoms with Crippen molar-refractivity contribution in [3.05, 3.63) is 0 Å². The zero-order chi connectivity index (χ0) is 7.98. The Morgan fingerprint density at radius 2 is 2.20 bits per heavy atom. The number of hydrogen-bond donors (Lipinski definition) is 0. The van der Waals surface area contributed by atoms with Gasteiger partial charge in [0.05, 0.1) is 0 Å². The largest absolute Gasteiger partial charge is 0.300 e. The number of thioether (sulfide) groups is 1. The van der Waals surface area contributed by atoms with Crippen LogP contribution in [0.3, 0.4) is 0 Å². The molecule has 0 aromatic heterocycles. The van der Waals surface area contributed by atoms with Crippen LogP contribution in [0.2, 0.25) is 0 Å². The average Bonchev–Trinajstić information content (AvgIpc) is 1.88. The molecule has 0 amide bonds. The van der Waals surface area contributed by atoms with E-state index in [0.717, 1.165) is 6.42 Å². The van der Waals surface area contributed by atoms with Crippen molar-refractivity contribution in [3.8, 4) is 0 Å². The van der Waals surface area contributed by atoms with E-state index in [4.69, 9.17) is 0 Å². The first-order valence-electron chi connectivity index (χ1n) is 3.68. The minimum atomic E-state index is 0.271. The van der Waals surface area contributed by atoms with Crippen LogP contribution in [0.15, 0.2) is 0 Å². The zero-order valence-corrected chi connectivity index (χ0v) is 7.83. The van der Waals surface area contributed by atoms with E-state index in [1.165, 1.54) is 12.2 Å². The summed E-state index contributed by atoms with van der Waals surface area (Å²) in [6.07, 6.45) is 4.32. The fourth-order valence-corrected chi connectivity index (χ4v) is 1.19. The van der Waals surface area contributed by atoms with Crippen LogP contribution in [-0.2, 0) is 4.79 Å². The lowest BCUT2D eigenvalue weighted by atomic mass is 10.0. The molecule has 0 saturated carbocycles. The number of rotatable bonds is 5. The number of ketones is 1. The van der Waals surface area contributed by atoms with Gasteiger partial charge in [0, 0.05) is 5.92 Å². The first-order valence-corrected chi connectivity index (χ1v) is 5.07. The molecule has 0 fully saturated rings. The highest BCUT2D eigenvalue weighted by molar-refractivity contribution is 7.98. The lowest BCUT2D eigenvalue weighted by molar-refractivity contribution is -0.120. The monoisotopic (exact) mass is 160 g/mol. The molecule has 0 aromatic rings. The van der Waals surface area contributed by atoms with Crippen molar-refractivity contribution in [1.29, 1.82) is 0 Å². The fourth-order valence-electron chi connectivity index (χ4n) is 0.737. The first-order chi connectivity index (χ1) is 4.68. The van der Waals surface area contributed by atoms with E-state index in [1.807, 2.05) is 18.7 Å². The van der Waals surface area contributed by atoms with Crippen molar-refractivity contribution in [2.75, 3.05) is 12.0 Å². The molecule has 1 atom stereocenters. The minimum Gasteiger partial charge on any atom is -0.300 e. The summed E-state index contributed by atoms with van der Waals surface area (Å²) in [6.45, 7) is 3.67. The molecule has 0 aliphatic heterocycles. The summed E-state index contributed by atoms with van der Waals surface area (Å²) >= 11 is 1.84. The summed E-state index contributed by atoms with van der Waals surface area (Å²) < 4.78 is 0. The summed E-state index contributed by atoms with van der Waals surface area (Å²) in [4.78, 5) is 10.7. The zero-order valence-electron chi connectivity index (χ0n) is 7.02. The van der Waals surface area contributed by atoms with Gasteiger partial charge < -0.3 is 0 Å². The lowest BCUT2D eigenvalue weighted by Crippen LogP contribution is -2.05. The second-order valence-corrected chi connectivity index (χ2v) is 3.63. The molecule has 0 N–H and O–H groups in total. The maximum Gasteiger partial charge on any atom is 0.132 e. The highest BCUT2D eigenvalue weighted by Gasteiger charge is 2.05. The Labute approximate surface area is 67.6 Å². The van der Waals surface area contributed by atoms with Crippen molar-refractivity contribution >= 4 is 17.5 Å². The maximum atomic E-state index is 10.7. The summed E-state index contributed by atoms with van der Waals surface area (Å²) in [5.41, 5.74) is 0. The minimum absolute atomic E-state index is 0.271. The first kappa shape index (κ1) is 10.0. The summed E-state index contributed by atoms with van der Waals surface area (Å²) in [7, 11) is 0. The van der Waals surface area contributed by atoms with Gasteiger partial charge >= 0.3 is 0 Å². The normalized spacial score (nSPS) is 13.1. The number of carbonyl (C=O) groups excluding carboxylic acids is 1. The predicted molar refractivity (Wildman–Crippen MR) is 47.5 cm³/mol. The molecule has 0 spiro atoms. The molecule has 0 saturated heterocycles. The van der Waals surface area contributed by atoms with Gasteiger partial charge in [-0.1, -0.05) is 6.92 Å². The Kier molecular flexibility index (Phi) is 5.79. The smallest absolute Gasteiger partial charge is 0.132 e. The van der Waals surface area contributed by atoms with E-state index in [2.05, 4.69) is 6.26 Å². The van der Waals surface area contributed by atoms with E-state index >= 15 is 0 Å². The fraction of sp³-hybridized carbons (Fsp3) is 0.875. The van der Waals surface area contributed by atoms with Gasteiger partial charge in [-0.2, -0.15) is 11.8 Å². The molecule has 0 rings (SSSR count). The Hall–Kier alpha value is 0.0200. The van der Waals surface area contributed by atoms with Crippen molar-refractivity contribution in [3.63, 3.8) is 0 Å². The highest BCUT2D eigenvalue weighted by Crippen LogP contribution is 2.08. The molecule has 2 heteroatoms. The SMILES string of the molecule is CSCCCC(C)C(C)=O. The van der Waals surface area contributed by atoms with E-state index in [-0.39, 0.29) is 5.92 Å². The molecule has 0 aliphatic carbocycles. The summed E-state index contributed by atoms with van der Waals surface area (Å²) in [6, 6.07) is 0. The molecule has 60 valence electrons. The van der Waals surface area contributed by atoms with Crippen molar-refractivity contribution in [2.24, 2.45) is 5.92 Å². The van der Waals surface area contributed by atoms with Gasteiger partial charge in [-0.25, -0.2) is 0 Å². The van der Waals surface area contributed by atoms with E-state index in [9.17, 15) is 4.79 Å². The van der Waals surface area contributed by atoms with Crippen molar-refractivity contribution in [1.82, 2.24) is 0 Å². The average molecular weight is 160 g/mol. The summed E-state index contributed by atoms with van der Waals surface area (Å²) in [5, 5.41) is 0. The third-order valence-corrected chi connectivity index (χ3v) is 2.38. The second-order valence-electron chi connectivity index (χ2n) is 2.65. The molecule has 1 nitrogen and oxygen atoms in total. The van der Waals surface area contributed by atoms with Gasteiger partial charge in [0.2, 0.25) is 0 Å². The van der Waals surface area contributed by atoms with Gasteiger partial charge in [-0.3, -0.25) is 4.79 Å². The van der Waals surface area contributed by atoms with Crippen LogP contribution < -0.4 is 0 Å². The van der Waals surface area contributed by atoms with Gasteiger partial charge in [0.15, 0.2) is 0 Å². The number of Topliss-reactive ketones (excluding diaryl/α,β-unsaturated/α-hetero) is 1. The predicted octanol–water partition coefficient (Wildman–Crippen LogP) is 2.35. The highest BCUT2D eigenvalue weighted by atomic mass is 32.2. The number of carbonyl (C=O) groups is 1. The lowest BCUT2D eigenvalue weighted by Gasteiger charge is -2.04. The molecule has 0 aromatic carbocycles. The van der Waals surface area contributed by atoms with Crippen LogP contribution in [0.1, 0.15) is 26.7 Å². The standard InChI is InChI=1S/C8H16OS/c1-7(8(2)9)5-4-6-10-3/h7H,4-6H2,1-3H3. The van der Waals surface area contributed by atoms with Crippen LogP contribution in [0.25, 0.3) is 0 Å². The number of hydrogen-bond acceptors (Lipinski definition) is 2. The van der Waals surface area contributed by atoms with Gasteiger partial charge in [0.25, 0.3) is 0 Å². The molecule has 1 unspecified atom stereocenters. The van der Waals surface area contributed by atoms with Crippen molar-refractivity contribution in [2.45, 2.75) is 26.7 Å². The van der Waals surface area contributed by atoms with Crippen LogP contribution in [0.5, 0.6) is 0 Å². The Morgan fingerprint density at radius 1 is 1.60 bits per heavy atom. The molecule has 0 heterocycles. The van der Waals surface area contributed by atoms with Crippen LogP contribution >= 0.6 is 11.8 Å². The van der Waals surface area contributed by atoms with Crippen LogP contribution in [0.4, 0.5) is 0 Å². The third kappa shape index (κ3) is 4.86. The quantitative estimate of drug-likeness (QED) is 0.574.